The maximum Gasteiger partial charge on any atom is 0.336 e. The molecule has 118 valence electrons. The van der Waals surface area contributed by atoms with E-state index in [0.717, 1.165) is 27.3 Å². The van der Waals surface area contributed by atoms with E-state index in [9.17, 15) is 4.79 Å². The third-order valence-corrected chi connectivity index (χ3v) is 4.51. The van der Waals surface area contributed by atoms with Gasteiger partial charge in [0.2, 0.25) is 0 Å². The van der Waals surface area contributed by atoms with E-state index in [2.05, 4.69) is 44.2 Å². The summed E-state index contributed by atoms with van der Waals surface area (Å²) in [5, 5.41) is 3.29. The summed E-state index contributed by atoms with van der Waals surface area (Å²) in [7, 11) is 0. The van der Waals surface area contributed by atoms with Crippen LogP contribution in [0.15, 0.2) is 75.9 Å². The fourth-order valence-electron chi connectivity index (χ4n) is 3.22. The zero-order valence-electron chi connectivity index (χ0n) is 13.7. The standard InChI is InChI=1S/C22H18O2/c1-14(2)16-10-11-21-20(12-16)19(13-22(23)24-21)18-9-5-7-15-6-3-4-8-17(15)18/h3-14H,1-2H3. The molecule has 1 aromatic heterocycles. The maximum absolute atomic E-state index is 12.1. The Labute approximate surface area is 140 Å². The molecule has 0 unspecified atom stereocenters. The fraction of sp³-hybridized carbons (Fsp3) is 0.136. The number of rotatable bonds is 2. The first kappa shape index (κ1) is 14.7. The van der Waals surface area contributed by atoms with Crippen LogP contribution in [0, 0.1) is 0 Å². The average Bonchev–Trinajstić information content (AvgIpc) is 2.60. The summed E-state index contributed by atoms with van der Waals surface area (Å²) in [6.07, 6.45) is 0. The highest BCUT2D eigenvalue weighted by molar-refractivity contribution is 6.04. The Morgan fingerprint density at radius 3 is 2.42 bits per heavy atom. The zero-order chi connectivity index (χ0) is 16.7. The van der Waals surface area contributed by atoms with Crippen LogP contribution in [0.5, 0.6) is 0 Å². The van der Waals surface area contributed by atoms with Gasteiger partial charge in [0.15, 0.2) is 0 Å². The molecule has 0 bridgehead atoms. The molecule has 0 fully saturated rings. The maximum atomic E-state index is 12.1. The molecule has 0 atom stereocenters. The van der Waals surface area contributed by atoms with Crippen LogP contribution in [-0.2, 0) is 0 Å². The van der Waals surface area contributed by atoms with E-state index < -0.39 is 0 Å². The SMILES string of the molecule is CC(C)c1ccc2oc(=O)cc(-c3cccc4ccccc34)c2c1. The van der Waals surface area contributed by atoms with E-state index in [1.54, 1.807) is 6.07 Å². The molecule has 0 aliphatic rings. The lowest BCUT2D eigenvalue weighted by Crippen LogP contribution is -1.99. The molecule has 4 aromatic rings. The van der Waals surface area contributed by atoms with Gasteiger partial charge in [0, 0.05) is 17.0 Å². The molecule has 0 aliphatic carbocycles. The lowest BCUT2D eigenvalue weighted by atomic mass is 9.94. The van der Waals surface area contributed by atoms with Gasteiger partial charge in [-0.1, -0.05) is 62.4 Å². The Kier molecular flexibility index (Phi) is 3.46. The summed E-state index contributed by atoms with van der Waals surface area (Å²) in [6, 6.07) is 22.1. The van der Waals surface area contributed by atoms with Gasteiger partial charge in [0.25, 0.3) is 0 Å². The first-order valence-corrected chi connectivity index (χ1v) is 8.19. The van der Waals surface area contributed by atoms with Crippen LogP contribution in [-0.4, -0.2) is 0 Å². The second-order valence-electron chi connectivity index (χ2n) is 6.42. The lowest BCUT2D eigenvalue weighted by molar-refractivity contribution is 0.561. The van der Waals surface area contributed by atoms with Gasteiger partial charge in [-0.05, 0) is 39.9 Å². The molecule has 2 heteroatoms. The summed E-state index contributed by atoms with van der Waals surface area (Å²) >= 11 is 0. The van der Waals surface area contributed by atoms with Gasteiger partial charge in [-0.15, -0.1) is 0 Å². The Balaban J connectivity index is 2.11. The monoisotopic (exact) mass is 314 g/mol. The molecule has 24 heavy (non-hydrogen) atoms. The van der Waals surface area contributed by atoms with Gasteiger partial charge >= 0.3 is 5.63 Å². The topological polar surface area (TPSA) is 30.2 Å². The van der Waals surface area contributed by atoms with Gasteiger partial charge in [0.1, 0.15) is 5.58 Å². The third kappa shape index (κ3) is 2.41. The second kappa shape index (κ2) is 5.64. The first-order valence-electron chi connectivity index (χ1n) is 8.19. The van der Waals surface area contributed by atoms with Crippen molar-refractivity contribution in [1.82, 2.24) is 0 Å². The summed E-state index contributed by atoms with van der Waals surface area (Å²) in [5.41, 5.74) is 3.54. The van der Waals surface area contributed by atoms with E-state index in [1.165, 1.54) is 5.56 Å². The van der Waals surface area contributed by atoms with Crippen molar-refractivity contribution in [2.75, 3.05) is 0 Å². The Morgan fingerprint density at radius 2 is 1.58 bits per heavy atom. The molecule has 0 N–H and O–H groups in total. The van der Waals surface area contributed by atoms with E-state index in [-0.39, 0.29) is 5.63 Å². The van der Waals surface area contributed by atoms with Crippen LogP contribution >= 0.6 is 0 Å². The first-order chi connectivity index (χ1) is 11.6. The highest BCUT2D eigenvalue weighted by Crippen LogP contribution is 2.34. The summed E-state index contributed by atoms with van der Waals surface area (Å²) in [4.78, 5) is 12.1. The fourth-order valence-corrected chi connectivity index (χ4v) is 3.22. The van der Waals surface area contributed by atoms with E-state index >= 15 is 0 Å². The Hall–Kier alpha value is -2.87. The highest BCUT2D eigenvalue weighted by atomic mass is 16.4. The highest BCUT2D eigenvalue weighted by Gasteiger charge is 2.12. The van der Waals surface area contributed by atoms with Gasteiger partial charge in [-0.3, -0.25) is 0 Å². The van der Waals surface area contributed by atoms with Crippen molar-refractivity contribution in [3.63, 3.8) is 0 Å². The predicted molar refractivity (Wildman–Crippen MR) is 99.5 cm³/mol. The minimum Gasteiger partial charge on any atom is -0.423 e. The minimum atomic E-state index is -0.317. The molecular formula is C22H18O2. The van der Waals surface area contributed by atoms with Crippen molar-refractivity contribution in [1.29, 1.82) is 0 Å². The zero-order valence-corrected chi connectivity index (χ0v) is 13.7. The average molecular weight is 314 g/mol. The lowest BCUT2D eigenvalue weighted by Gasteiger charge is -2.11. The Morgan fingerprint density at radius 1 is 0.792 bits per heavy atom. The largest absolute Gasteiger partial charge is 0.423 e. The van der Waals surface area contributed by atoms with Crippen molar-refractivity contribution < 1.29 is 4.42 Å². The van der Waals surface area contributed by atoms with Crippen LogP contribution in [0.3, 0.4) is 0 Å². The predicted octanol–water partition coefficient (Wildman–Crippen LogP) is 5.74. The van der Waals surface area contributed by atoms with E-state index in [1.807, 2.05) is 30.3 Å². The molecule has 0 spiro atoms. The summed E-state index contributed by atoms with van der Waals surface area (Å²) in [6.45, 7) is 4.33. The van der Waals surface area contributed by atoms with Crippen LogP contribution < -0.4 is 5.63 Å². The van der Waals surface area contributed by atoms with Crippen molar-refractivity contribution in [3.05, 3.63) is 82.7 Å². The van der Waals surface area contributed by atoms with Gasteiger partial charge in [-0.25, -0.2) is 4.79 Å². The van der Waals surface area contributed by atoms with Crippen molar-refractivity contribution in [2.45, 2.75) is 19.8 Å². The molecule has 0 aliphatic heterocycles. The normalized spacial score (nSPS) is 11.5. The van der Waals surface area contributed by atoms with Crippen LogP contribution in [0.25, 0.3) is 32.9 Å². The molecular weight excluding hydrogens is 296 g/mol. The van der Waals surface area contributed by atoms with E-state index in [0.29, 0.717) is 11.5 Å². The number of hydrogen-bond acceptors (Lipinski definition) is 2. The second-order valence-corrected chi connectivity index (χ2v) is 6.42. The third-order valence-electron chi connectivity index (χ3n) is 4.51. The molecule has 4 rings (SSSR count). The Bertz CT molecular complexity index is 1100. The quantitative estimate of drug-likeness (QED) is 0.442. The van der Waals surface area contributed by atoms with Crippen LogP contribution in [0.2, 0.25) is 0 Å². The van der Waals surface area contributed by atoms with E-state index in [4.69, 9.17) is 4.42 Å². The minimum absolute atomic E-state index is 0.317. The number of benzene rings is 3. The smallest absolute Gasteiger partial charge is 0.336 e. The summed E-state index contributed by atoms with van der Waals surface area (Å²) in [5.74, 6) is 0.418. The molecule has 1 heterocycles. The number of hydrogen-bond donors (Lipinski definition) is 0. The molecule has 0 saturated carbocycles. The molecule has 2 nitrogen and oxygen atoms in total. The van der Waals surface area contributed by atoms with Gasteiger partial charge < -0.3 is 4.42 Å². The molecule has 3 aromatic carbocycles. The van der Waals surface area contributed by atoms with Crippen molar-refractivity contribution >= 4 is 21.7 Å². The van der Waals surface area contributed by atoms with Gasteiger partial charge in [0.05, 0.1) is 0 Å². The van der Waals surface area contributed by atoms with Gasteiger partial charge in [-0.2, -0.15) is 0 Å². The molecule has 0 radical (unpaired) electrons. The summed E-state index contributed by atoms with van der Waals surface area (Å²) < 4.78 is 5.42. The van der Waals surface area contributed by atoms with Crippen LogP contribution in [0.4, 0.5) is 0 Å². The molecule has 0 saturated heterocycles. The molecule has 0 amide bonds. The van der Waals surface area contributed by atoms with Crippen molar-refractivity contribution in [2.24, 2.45) is 0 Å². The van der Waals surface area contributed by atoms with Crippen molar-refractivity contribution in [3.8, 4) is 11.1 Å². The van der Waals surface area contributed by atoms with Crippen LogP contribution in [0.1, 0.15) is 25.3 Å². The number of fused-ring (bicyclic) bond motifs is 2.